The molecule has 1 aliphatic heterocycles. The van der Waals surface area contributed by atoms with Gasteiger partial charge < -0.3 is 19.0 Å². The molecule has 1 saturated heterocycles. The SMILES string of the molecule is CC1(C)OC[C@H]([C@@H]2C[C@@H]2n2cnc3c(=O)[nH]cnc32)O1. The number of H-pyrrole nitrogens is 1. The van der Waals surface area contributed by atoms with E-state index in [1.165, 1.54) is 6.33 Å². The minimum absolute atomic E-state index is 0.106. The van der Waals surface area contributed by atoms with Crippen LogP contribution in [0.4, 0.5) is 0 Å². The number of hydrogen-bond donors (Lipinski definition) is 1. The fourth-order valence-corrected chi connectivity index (χ4v) is 2.95. The summed E-state index contributed by atoms with van der Waals surface area (Å²) in [5.74, 6) is -0.0974. The Bertz CT molecular complexity index is 720. The molecular formula is C13H16N4O3. The number of imidazole rings is 1. The van der Waals surface area contributed by atoms with Crippen LogP contribution < -0.4 is 5.56 Å². The second kappa shape index (κ2) is 3.89. The average Bonchev–Trinajstić information content (AvgIpc) is 2.92. The number of rotatable bonds is 2. The average molecular weight is 276 g/mol. The highest BCUT2D eigenvalue weighted by molar-refractivity contribution is 5.69. The van der Waals surface area contributed by atoms with Crippen LogP contribution in [-0.4, -0.2) is 38.0 Å². The summed E-state index contributed by atoms with van der Waals surface area (Å²) >= 11 is 0. The van der Waals surface area contributed by atoms with Crippen molar-refractivity contribution in [3.05, 3.63) is 23.0 Å². The van der Waals surface area contributed by atoms with E-state index in [0.717, 1.165) is 6.42 Å². The van der Waals surface area contributed by atoms with Crippen LogP contribution in [0.3, 0.4) is 0 Å². The van der Waals surface area contributed by atoms with Crippen LogP contribution in [0.5, 0.6) is 0 Å². The van der Waals surface area contributed by atoms with Crippen LogP contribution >= 0.6 is 0 Å². The number of fused-ring (bicyclic) bond motifs is 1. The molecule has 20 heavy (non-hydrogen) atoms. The molecule has 2 fully saturated rings. The maximum atomic E-state index is 11.6. The quantitative estimate of drug-likeness (QED) is 0.878. The lowest BCUT2D eigenvalue weighted by molar-refractivity contribution is -0.140. The summed E-state index contributed by atoms with van der Waals surface area (Å²) in [5, 5.41) is 0. The van der Waals surface area contributed by atoms with Crippen molar-refractivity contribution in [2.75, 3.05) is 6.61 Å². The van der Waals surface area contributed by atoms with Gasteiger partial charge in [-0.1, -0.05) is 0 Å². The van der Waals surface area contributed by atoms with Crippen molar-refractivity contribution in [1.82, 2.24) is 19.5 Å². The Morgan fingerprint density at radius 3 is 3.05 bits per heavy atom. The molecule has 0 radical (unpaired) electrons. The molecule has 3 heterocycles. The van der Waals surface area contributed by atoms with Gasteiger partial charge >= 0.3 is 0 Å². The predicted molar refractivity (Wildman–Crippen MR) is 70.2 cm³/mol. The van der Waals surface area contributed by atoms with Crippen LogP contribution in [-0.2, 0) is 9.47 Å². The van der Waals surface area contributed by atoms with E-state index in [-0.39, 0.29) is 17.7 Å². The third-order valence-electron chi connectivity index (χ3n) is 4.04. The zero-order valence-electron chi connectivity index (χ0n) is 11.4. The zero-order valence-corrected chi connectivity index (χ0v) is 11.4. The van der Waals surface area contributed by atoms with E-state index < -0.39 is 5.79 Å². The maximum Gasteiger partial charge on any atom is 0.278 e. The summed E-state index contributed by atoms with van der Waals surface area (Å²) < 4.78 is 13.5. The van der Waals surface area contributed by atoms with Crippen molar-refractivity contribution >= 4 is 11.2 Å². The molecule has 2 aromatic rings. The van der Waals surface area contributed by atoms with Crippen molar-refractivity contribution in [2.24, 2.45) is 5.92 Å². The van der Waals surface area contributed by atoms with Crippen LogP contribution in [0.15, 0.2) is 17.4 Å². The molecule has 7 nitrogen and oxygen atoms in total. The lowest BCUT2D eigenvalue weighted by Gasteiger charge is -2.17. The van der Waals surface area contributed by atoms with E-state index in [0.29, 0.717) is 23.7 Å². The Kier molecular flexibility index (Phi) is 2.34. The van der Waals surface area contributed by atoms with Crippen molar-refractivity contribution in [3.63, 3.8) is 0 Å². The lowest BCUT2D eigenvalue weighted by atomic mass is 10.2. The molecule has 1 saturated carbocycles. The molecule has 3 atom stereocenters. The van der Waals surface area contributed by atoms with Gasteiger partial charge in [-0.3, -0.25) is 4.79 Å². The summed E-state index contributed by atoms with van der Waals surface area (Å²) in [7, 11) is 0. The van der Waals surface area contributed by atoms with Gasteiger partial charge in [0.15, 0.2) is 17.0 Å². The zero-order chi connectivity index (χ0) is 13.9. The van der Waals surface area contributed by atoms with E-state index in [9.17, 15) is 4.79 Å². The molecule has 0 spiro atoms. The minimum atomic E-state index is -0.496. The van der Waals surface area contributed by atoms with Crippen molar-refractivity contribution < 1.29 is 9.47 Å². The van der Waals surface area contributed by atoms with Gasteiger partial charge in [0, 0.05) is 12.0 Å². The number of hydrogen-bond acceptors (Lipinski definition) is 5. The van der Waals surface area contributed by atoms with E-state index >= 15 is 0 Å². The van der Waals surface area contributed by atoms with E-state index in [4.69, 9.17) is 9.47 Å². The summed E-state index contributed by atoms with van der Waals surface area (Å²) in [6, 6.07) is 0.289. The smallest absolute Gasteiger partial charge is 0.278 e. The normalized spacial score (nSPS) is 31.8. The van der Waals surface area contributed by atoms with Gasteiger partial charge in [0.1, 0.15) is 0 Å². The van der Waals surface area contributed by atoms with Crippen LogP contribution in [0, 0.1) is 5.92 Å². The number of nitrogens with zero attached hydrogens (tertiary/aromatic N) is 3. The van der Waals surface area contributed by atoms with Gasteiger partial charge in [0.05, 0.1) is 25.4 Å². The van der Waals surface area contributed by atoms with E-state index in [1.54, 1.807) is 6.33 Å². The highest BCUT2D eigenvalue weighted by Gasteiger charge is 2.50. The number of nitrogens with one attached hydrogen (secondary N) is 1. The third-order valence-corrected chi connectivity index (χ3v) is 4.04. The van der Waals surface area contributed by atoms with Gasteiger partial charge in [-0.05, 0) is 20.3 Å². The Morgan fingerprint density at radius 2 is 2.30 bits per heavy atom. The van der Waals surface area contributed by atoms with Gasteiger partial charge in [0.25, 0.3) is 5.56 Å². The first kappa shape index (κ1) is 12.0. The van der Waals surface area contributed by atoms with E-state index in [1.807, 2.05) is 18.4 Å². The van der Waals surface area contributed by atoms with Crippen molar-refractivity contribution in [1.29, 1.82) is 0 Å². The molecule has 0 bridgehead atoms. The third kappa shape index (κ3) is 1.77. The summed E-state index contributed by atoms with van der Waals surface area (Å²) in [5.41, 5.74) is 0.828. The predicted octanol–water partition coefficient (Wildman–Crippen LogP) is 0.832. The summed E-state index contributed by atoms with van der Waals surface area (Å²) in [6.45, 7) is 4.48. The molecule has 0 aromatic carbocycles. The molecule has 2 aliphatic rings. The fourth-order valence-electron chi connectivity index (χ4n) is 2.95. The first-order valence-electron chi connectivity index (χ1n) is 6.77. The molecule has 106 valence electrons. The highest BCUT2D eigenvalue weighted by Crippen LogP contribution is 2.49. The molecule has 1 aliphatic carbocycles. The van der Waals surface area contributed by atoms with Crippen LogP contribution in [0.2, 0.25) is 0 Å². The highest BCUT2D eigenvalue weighted by atomic mass is 16.7. The Balaban J connectivity index is 1.61. The number of aromatic nitrogens is 4. The molecule has 4 rings (SSSR count). The van der Waals surface area contributed by atoms with Crippen molar-refractivity contribution in [2.45, 2.75) is 38.2 Å². The number of ether oxygens (including phenoxy) is 2. The first-order valence-corrected chi connectivity index (χ1v) is 6.77. The summed E-state index contributed by atoms with van der Waals surface area (Å²) in [4.78, 5) is 22.6. The standard InChI is InChI=1S/C13H16N4O3/c1-13(2)19-4-9(20-13)7-3-8(7)17-6-16-10-11(17)14-5-15-12(10)18/h5-9H,3-4H2,1-2H3,(H,14,15,18)/t7-,8+,9-/m1/s1. The lowest BCUT2D eigenvalue weighted by Crippen LogP contribution is -2.22. The van der Waals surface area contributed by atoms with Crippen LogP contribution in [0.25, 0.3) is 11.2 Å². The van der Waals surface area contributed by atoms with Gasteiger partial charge in [-0.25, -0.2) is 9.97 Å². The van der Waals surface area contributed by atoms with Gasteiger partial charge in [0.2, 0.25) is 0 Å². The molecule has 2 aromatic heterocycles. The molecule has 0 amide bonds. The minimum Gasteiger partial charge on any atom is -0.348 e. The Morgan fingerprint density at radius 1 is 1.45 bits per heavy atom. The van der Waals surface area contributed by atoms with Gasteiger partial charge in [-0.2, -0.15) is 0 Å². The molecule has 1 N–H and O–H groups in total. The Hall–Kier alpha value is -1.73. The monoisotopic (exact) mass is 276 g/mol. The fraction of sp³-hybridized carbons (Fsp3) is 0.615. The number of aromatic amines is 1. The second-order valence-electron chi connectivity index (χ2n) is 5.89. The molecular weight excluding hydrogens is 260 g/mol. The summed E-state index contributed by atoms with van der Waals surface area (Å²) in [6.07, 6.45) is 4.22. The maximum absolute atomic E-state index is 11.6. The topological polar surface area (TPSA) is 82.0 Å². The second-order valence-corrected chi connectivity index (χ2v) is 5.89. The van der Waals surface area contributed by atoms with E-state index in [2.05, 4.69) is 15.0 Å². The van der Waals surface area contributed by atoms with Gasteiger partial charge in [-0.15, -0.1) is 0 Å². The molecule has 7 heteroatoms. The first-order chi connectivity index (χ1) is 9.55. The Labute approximate surface area is 114 Å². The van der Waals surface area contributed by atoms with Crippen molar-refractivity contribution in [3.8, 4) is 0 Å². The largest absolute Gasteiger partial charge is 0.348 e. The van der Waals surface area contributed by atoms with Crippen LogP contribution in [0.1, 0.15) is 26.3 Å². The molecule has 0 unspecified atom stereocenters.